The van der Waals surface area contributed by atoms with Crippen LogP contribution in [0, 0.1) is 5.82 Å². The molecular formula is C24H28F4N2O. The standard InChI is InChI=1S/C24H28F4N2O/c25-20-6-4-19(5-7-20)22(12-14-31-23(17-22)9-1-2-10-23)11-13-29-15-18-3-8-21(30-16-18)24(26,27)28/h3-8,16,29H,1-2,9-15,17H2/t22-/m1/s1. The fourth-order valence-corrected chi connectivity index (χ4v) is 5.22. The van der Waals surface area contributed by atoms with E-state index in [0.29, 0.717) is 25.3 Å². The van der Waals surface area contributed by atoms with E-state index in [4.69, 9.17) is 4.74 Å². The van der Waals surface area contributed by atoms with Gasteiger partial charge in [-0.2, -0.15) is 13.2 Å². The molecular weight excluding hydrogens is 408 g/mol. The molecule has 2 aromatic rings. The highest BCUT2D eigenvalue weighted by molar-refractivity contribution is 5.28. The van der Waals surface area contributed by atoms with Crippen molar-refractivity contribution in [2.24, 2.45) is 0 Å². The van der Waals surface area contributed by atoms with Crippen molar-refractivity contribution in [2.45, 2.75) is 68.7 Å². The molecule has 0 amide bonds. The molecule has 1 aliphatic carbocycles. The summed E-state index contributed by atoms with van der Waals surface area (Å²) >= 11 is 0. The number of hydrogen-bond donors (Lipinski definition) is 1. The largest absolute Gasteiger partial charge is 0.433 e. The molecule has 0 unspecified atom stereocenters. The van der Waals surface area contributed by atoms with E-state index < -0.39 is 11.9 Å². The Morgan fingerprint density at radius 2 is 1.74 bits per heavy atom. The van der Waals surface area contributed by atoms with E-state index in [1.165, 1.54) is 37.2 Å². The molecule has 4 rings (SSSR count). The molecule has 0 bridgehead atoms. The SMILES string of the molecule is Fc1ccc([C@]2(CCNCc3ccc(C(F)(F)F)nc3)CCOC3(CCCC3)C2)cc1. The smallest absolute Gasteiger partial charge is 0.375 e. The quantitative estimate of drug-likeness (QED) is 0.460. The molecule has 1 saturated heterocycles. The van der Waals surface area contributed by atoms with E-state index in [1.54, 1.807) is 0 Å². The summed E-state index contributed by atoms with van der Waals surface area (Å²) in [4.78, 5) is 3.52. The summed E-state index contributed by atoms with van der Waals surface area (Å²) < 4.78 is 57.8. The van der Waals surface area contributed by atoms with E-state index in [1.807, 2.05) is 12.1 Å². The fraction of sp³-hybridized carbons (Fsp3) is 0.542. The van der Waals surface area contributed by atoms with Crippen molar-refractivity contribution in [3.8, 4) is 0 Å². The van der Waals surface area contributed by atoms with Gasteiger partial charge in [-0.25, -0.2) is 4.39 Å². The van der Waals surface area contributed by atoms with Gasteiger partial charge in [-0.15, -0.1) is 0 Å². The summed E-state index contributed by atoms with van der Waals surface area (Å²) in [6, 6.07) is 9.30. The van der Waals surface area contributed by atoms with Crippen LogP contribution >= 0.6 is 0 Å². The number of rotatable bonds is 6. The second kappa shape index (κ2) is 8.87. The van der Waals surface area contributed by atoms with Crippen LogP contribution in [-0.2, 0) is 22.9 Å². The average Bonchev–Trinajstić information content (AvgIpc) is 3.19. The van der Waals surface area contributed by atoms with Gasteiger partial charge >= 0.3 is 6.18 Å². The van der Waals surface area contributed by atoms with Crippen molar-refractivity contribution in [2.75, 3.05) is 13.2 Å². The van der Waals surface area contributed by atoms with Gasteiger partial charge in [0, 0.05) is 24.8 Å². The van der Waals surface area contributed by atoms with E-state index in [2.05, 4.69) is 10.3 Å². The summed E-state index contributed by atoms with van der Waals surface area (Å²) in [5.41, 5.74) is 0.797. The van der Waals surface area contributed by atoms with Crippen molar-refractivity contribution >= 4 is 0 Å². The maximum Gasteiger partial charge on any atom is 0.433 e. The highest BCUT2D eigenvalue weighted by Crippen LogP contribution is 2.50. The van der Waals surface area contributed by atoms with Gasteiger partial charge in [0.15, 0.2) is 0 Å². The van der Waals surface area contributed by atoms with Gasteiger partial charge in [0.05, 0.1) is 5.60 Å². The zero-order valence-electron chi connectivity index (χ0n) is 17.5. The van der Waals surface area contributed by atoms with Crippen molar-refractivity contribution in [3.05, 3.63) is 65.2 Å². The molecule has 1 N–H and O–H groups in total. The first kappa shape index (κ1) is 22.2. The van der Waals surface area contributed by atoms with Crippen LogP contribution in [0.1, 0.15) is 61.8 Å². The van der Waals surface area contributed by atoms with Gasteiger partial charge < -0.3 is 10.1 Å². The summed E-state index contributed by atoms with van der Waals surface area (Å²) in [5, 5.41) is 3.36. The first-order valence-corrected chi connectivity index (χ1v) is 10.9. The first-order valence-electron chi connectivity index (χ1n) is 10.9. The maximum atomic E-state index is 13.6. The Bertz CT molecular complexity index is 861. The number of nitrogens with zero attached hydrogens (tertiary/aromatic N) is 1. The zero-order chi connectivity index (χ0) is 22.0. The molecule has 0 radical (unpaired) electrons. The Morgan fingerprint density at radius 3 is 2.39 bits per heavy atom. The van der Waals surface area contributed by atoms with Crippen molar-refractivity contribution in [3.63, 3.8) is 0 Å². The van der Waals surface area contributed by atoms with E-state index >= 15 is 0 Å². The average molecular weight is 436 g/mol. The Kier molecular flexibility index (Phi) is 6.35. The van der Waals surface area contributed by atoms with E-state index in [-0.39, 0.29) is 16.8 Å². The Labute approximate surface area is 180 Å². The highest BCUT2D eigenvalue weighted by Gasteiger charge is 2.47. The number of ether oxygens (including phenoxy) is 1. The second-order valence-corrected chi connectivity index (χ2v) is 8.93. The van der Waals surface area contributed by atoms with Gasteiger partial charge in [0.2, 0.25) is 0 Å². The predicted molar refractivity (Wildman–Crippen MR) is 110 cm³/mol. The summed E-state index contributed by atoms with van der Waals surface area (Å²) in [6.07, 6.45) is 4.01. The molecule has 1 aromatic carbocycles. The summed E-state index contributed by atoms with van der Waals surface area (Å²) in [6.45, 7) is 1.85. The van der Waals surface area contributed by atoms with Crippen LogP contribution in [0.3, 0.4) is 0 Å². The van der Waals surface area contributed by atoms with Gasteiger partial charge in [0.1, 0.15) is 11.5 Å². The number of benzene rings is 1. The minimum absolute atomic E-state index is 0.0794. The third-order valence-corrected chi connectivity index (χ3v) is 6.85. The minimum Gasteiger partial charge on any atom is -0.375 e. The van der Waals surface area contributed by atoms with Crippen LogP contribution in [0.25, 0.3) is 0 Å². The van der Waals surface area contributed by atoms with Crippen molar-refractivity contribution < 1.29 is 22.3 Å². The van der Waals surface area contributed by atoms with Crippen molar-refractivity contribution in [1.82, 2.24) is 10.3 Å². The lowest BCUT2D eigenvalue weighted by Gasteiger charge is -2.47. The van der Waals surface area contributed by atoms with Crippen molar-refractivity contribution in [1.29, 1.82) is 0 Å². The number of hydrogen-bond acceptors (Lipinski definition) is 3. The lowest BCUT2D eigenvalue weighted by molar-refractivity contribution is -0.141. The molecule has 3 nitrogen and oxygen atoms in total. The third-order valence-electron chi connectivity index (χ3n) is 6.85. The number of halogens is 4. The topological polar surface area (TPSA) is 34.2 Å². The van der Waals surface area contributed by atoms with Gasteiger partial charge in [-0.1, -0.05) is 31.0 Å². The molecule has 1 saturated carbocycles. The zero-order valence-corrected chi connectivity index (χ0v) is 17.5. The first-order chi connectivity index (χ1) is 14.8. The Hall–Kier alpha value is -1.99. The predicted octanol–water partition coefficient (Wildman–Crippen LogP) is 5.78. The lowest BCUT2D eigenvalue weighted by Crippen LogP contribution is -2.47. The fourth-order valence-electron chi connectivity index (χ4n) is 5.22. The molecule has 2 fully saturated rings. The van der Waals surface area contributed by atoms with Crippen LogP contribution in [-0.4, -0.2) is 23.7 Å². The third kappa shape index (κ3) is 5.09. The highest BCUT2D eigenvalue weighted by atomic mass is 19.4. The summed E-state index contributed by atoms with van der Waals surface area (Å²) in [7, 11) is 0. The van der Waals surface area contributed by atoms with E-state index in [9.17, 15) is 17.6 Å². The number of nitrogens with one attached hydrogen (secondary N) is 1. The van der Waals surface area contributed by atoms with Crippen LogP contribution in [0.2, 0.25) is 0 Å². The molecule has 1 aliphatic heterocycles. The monoisotopic (exact) mass is 436 g/mol. The summed E-state index contributed by atoms with van der Waals surface area (Å²) in [5.74, 6) is -0.241. The Morgan fingerprint density at radius 1 is 1.00 bits per heavy atom. The number of alkyl halides is 3. The van der Waals surface area contributed by atoms with Crippen LogP contribution in [0.5, 0.6) is 0 Å². The molecule has 31 heavy (non-hydrogen) atoms. The number of aromatic nitrogens is 1. The van der Waals surface area contributed by atoms with Gasteiger partial charge in [-0.05, 0) is 68.0 Å². The minimum atomic E-state index is -4.42. The van der Waals surface area contributed by atoms with Crippen LogP contribution in [0.4, 0.5) is 17.6 Å². The second-order valence-electron chi connectivity index (χ2n) is 8.93. The maximum absolute atomic E-state index is 13.6. The molecule has 168 valence electrons. The van der Waals surface area contributed by atoms with Gasteiger partial charge in [-0.3, -0.25) is 4.98 Å². The molecule has 2 aliphatic rings. The molecule has 2 heterocycles. The molecule has 1 spiro atoms. The molecule has 1 aromatic heterocycles. The Balaban J connectivity index is 1.42. The van der Waals surface area contributed by atoms with Gasteiger partial charge in [0.25, 0.3) is 0 Å². The molecule has 7 heteroatoms. The number of pyridine rings is 1. The van der Waals surface area contributed by atoms with E-state index in [0.717, 1.165) is 43.7 Å². The molecule has 1 atom stereocenters. The lowest BCUT2D eigenvalue weighted by atomic mass is 9.66. The van der Waals surface area contributed by atoms with Crippen LogP contribution in [0.15, 0.2) is 42.6 Å². The normalized spacial score (nSPS) is 23.4. The van der Waals surface area contributed by atoms with Crippen LogP contribution < -0.4 is 5.32 Å².